The van der Waals surface area contributed by atoms with E-state index in [1.807, 2.05) is 23.6 Å². The van der Waals surface area contributed by atoms with Gasteiger partial charge in [0.15, 0.2) is 0 Å². The highest BCUT2D eigenvalue weighted by Gasteiger charge is 2.07. The van der Waals surface area contributed by atoms with Gasteiger partial charge in [0, 0.05) is 5.02 Å². The average Bonchev–Trinajstić information content (AvgIpc) is 2.81. The molecule has 0 amide bonds. The van der Waals surface area contributed by atoms with Crippen LogP contribution in [-0.2, 0) is 11.3 Å². The molecule has 1 heterocycles. The quantitative estimate of drug-likeness (QED) is 0.778. The molecule has 2 nitrogen and oxygen atoms in total. The summed E-state index contributed by atoms with van der Waals surface area (Å²) < 4.78 is 5.14. The molecule has 0 bridgehead atoms. The summed E-state index contributed by atoms with van der Waals surface area (Å²) in [5, 5.41) is 2.52. The van der Waals surface area contributed by atoms with Crippen molar-refractivity contribution in [3.05, 3.63) is 57.2 Å². The lowest BCUT2D eigenvalue weighted by Crippen LogP contribution is -2.02. The Morgan fingerprint density at radius 3 is 2.62 bits per heavy atom. The number of thiophene rings is 1. The summed E-state index contributed by atoms with van der Waals surface area (Å²) in [5.74, 6) is -0.287. The zero-order valence-corrected chi connectivity index (χ0v) is 9.92. The maximum Gasteiger partial charge on any atom is 0.348 e. The van der Waals surface area contributed by atoms with E-state index in [1.54, 1.807) is 18.2 Å². The van der Waals surface area contributed by atoms with Gasteiger partial charge in [-0.15, -0.1) is 11.3 Å². The Morgan fingerprint density at radius 1 is 1.25 bits per heavy atom. The maximum atomic E-state index is 11.5. The molecular formula is C12H9ClO2S. The van der Waals surface area contributed by atoms with Crippen molar-refractivity contribution in [2.75, 3.05) is 0 Å². The highest BCUT2D eigenvalue weighted by atomic mass is 35.5. The summed E-state index contributed by atoms with van der Waals surface area (Å²) in [6, 6.07) is 10.8. The Bertz CT molecular complexity index is 462. The van der Waals surface area contributed by atoms with Gasteiger partial charge in [-0.2, -0.15) is 0 Å². The molecule has 0 atom stereocenters. The standard InChI is InChI=1S/C12H9ClO2S/c13-10-5-3-9(4-6-10)8-15-12(14)11-2-1-7-16-11/h1-7H,8H2. The van der Waals surface area contributed by atoms with Crippen molar-refractivity contribution in [1.82, 2.24) is 0 Å². The highest BCUT2D eigenvalue weighted by molar-refractivity contribution is 7.11. The second-order valence-corrected chi connectivity index (χ2v) is 4.56. The van der Waals surface area contributed by atoms with Crippen molar-refractivity contribution in [1.29, 1.82) is 0 Å². The van der Waals surface area contributed by atoms with Gasteiger partial charge in [-0.3, -0.25) is 0 Å². The Kier molecular flexibility index (Phi) is 3.59. The number of benzene rings is 1. The number of carbonyl (C=O) groups excluding carboxylic acids is 1. The minimum Gasteiger partial charge on any atom is -0.457 e. The van der Waals surface area contributed by atoms with Gasteiger partial charge >= 0.3 is 5.97 Å². The van der Waals surface area contributed by atoms with Crippen LogP contribution < -0.4 is 0 Å². The van der Waals surface area contributed by atoms with Crippen LogP contribution in [0.2, 0.25) is 5.02 Å². The van der Waals surface area contributed by atoms with Crippen molar-refractivity contribution < 1.29 is 9.53 Å². The first kappa shape index (κ1) is 11.2. The second-order valence-electron chi connectivity index (χ2n) is 3.18. The summed E-state index contributed by atoms with van der Waals surface area (Å²) in [6.07, 6.45) is 0. The first-order valence-corrected chi connectivity index (χ1v) is 5.96. The smallest absolute Gasteiger partial charge is 0.348 e. The van der Waals surface area contributed by atoms with Gasteiger partial charge in [-0.05, 0) is 29.1 Å². The van der Waals surface area contributed by atoms with Crippen LogP contribution in [0.25, 0.3) is 0 Å². The Morgan fingerprint density at radius 2 is 2.00 bits per heavy atom. The fraction of sp³-hybridized carbons (Fsp3) is 0.0833. The molecule has 0 aliphatic carbocycles. The Hall–Kier alpha value is -1.32. The molecule has 0 aliphatic rings. The van der Waals surface area contributed by atoms with Crippen molar-refractivity contribution in [2.24, 2.45) is 0 Å². The van der Waals surface area contributed by atoms with Crippen LogP contribution in [0.5, 0.6) is 0 Å². The largest absolute Gasteiger partial charge is 0.457 e. The van der Waals surface area contributed by atoms with Gasteiger partial charge in [0.05, 0.1) is 0 Å². The van der Waals surface area contributed by atoms with Crippen molar-refractivity contribution in [2.45, 2.75) is 6.61 Å². The molecule has 2 aromatic rings. The van der Waals surface area contributed by atoms with Gasteiger partial charge < -0.3 is 4.74 Å². The van der Waals surface area contributed by atoms with E-state index in [2.05, 4.69) is 0 Å². The number of rotatable bonds is 3. The fourth-order valence-corrected chi connectivity index (χ4v) is 1.94. The second kappa shape index (κ2) is 5.14. The molecule has 0 fully saturated rings. The molecule has 0 saturated carbocycles. The van der Waals surface area contributed by atoms with E-state index in [4.69, 9.17) is 16.3 Å². The summed E-state index contributed by atoms with van der Waals surface area (Å²) in [7, 11) is 0. The average molecular weight is 253 g/mol. The molecule has 0 aliphatic heterocycles. The number of carbonyl (C=O) groups is 1. The molecule has 16 heavy (non-hydrogen) atoms. The lowest BCUT2D eigenvalue weighted by atomic mass is 10.2. The van der Waals surface area contributed by atoms with Crippen LogP contribution in [-0.4, -0.2) is 5.97 Å². The van der Waals surface area contributed by atoms with Crippen LogP contribution in [0, 0.1) is 0 Å². The van der Waals surface area contributed by atoms with Crippen LogP contribution in [0.15, 0.2) is 41.8 Å². The number of esters is 1. The molecule has 0 radical (unpaired) electrons. The predicted molar refractivity (Wildman–Crippen MR) is 64.9 cm³/mol. The molecule has 4 heteroatoms. The van der Waals surface area contributed by atoms with Gasteiger partial charge in [-0.25, -0.2) is 4.79 Å². The Balaban J connectivity index is 1.93. The number of halogens is 1. The third kappa shape index (κ3) is 2.84. The monoisotopic (exact) mass is 252 g/mol. The molecular weight excluding hydrogens is 244 g/mol. The minimum atomic E-state index is -0.287. The third-order valence-electron chi connectivity index (χ3n) is 2.01. The van der Waals surface area contributed by atoms with Crippen molar-refractivity contribution in [3.63, 3.8) is 0 Å². The maximum absolute atomic E-state index is 11.5. The zero-order valence-electron chi connectivity index (χ0n) is 8.35. The van der Waals surface area contributed by atoms with Gasteiger partial charge in [0.1, 0.15) is 11.5 Å². The van der Waals surface area contributed by atoms with Crippen LogP contribution in [0.1, 0.15) is 15.2 Å². The highest BCUT2D eigenvalue weighted by Crippen LogP contribution is 2.13. The van der Waals surface area contributed by atoms with Crippen LogP contribution >= 0.6 is 22.9 Å². The number of hydrogen-bond acceptors (Lipinski definition) is 3. The van der Waals surface area contributed by atoms with E-state index in [-0.39, 0.29) is 12.6 Å². The normalized spacial score (nSPS) is 10.1. The van der Waals surface area contributed by atoms with Crippen molar-refractivity contribution >= 4 is 28.9 Å². The Labute approximate surface area is 102 Å². The van der Waals surface area contributed by atoms with Crippen LogP contribution in [0.4, 0.5) is 0 Å². The fourth-order valence-electron chi connectivity index (χ4n) is 1.20. The van der Waals surface area contributed by atoms with E-state index in [9.17, 15) is 4.79 Å². The topological polar surface area (TPSA) is 26.3 Å². The number of ether oxygens (including phenoxy) is 1. The predicted octanol–water partition coefficient (Wildman–Crippen LogP) is 3.76. The van der Waals surface area contributed by atoms with E-state index < -0.39 is 0 Å². The molecule has 0 spiro atoms. The molecule has 0 N–H and O–H groups in total. The van der Waals surface area contributed by atoms with E-state index in [0.717, 1.165) is 5.56 Å². The summed E-state index contributed by atoms with van der Waals surface area (Å²) in [5.41, 5.74) is 0.925. The summed E-state index contributed by atoms with van der Waals surface area (Å²) in [6.45, 7) is 0.272. The van der Waals surface area contributed by atoms with E-state index >= 15 is 0 Å². The molecule has 82 valence electrons. The van der Waals surface area contributed by atoms with E-state index in [1.165, 1.54) is 11.3 Å². The lowest BCUT2D eigenvalue weighted by Gasteiger charge is -2.03. The first-order chi connectivity index (χ1) is 7.75. The molecule has 0 saturated heterocycles. The molecule has 1 aromatic heterocycles. The molecule has 1 aromatic carbocycles. The molecule has 0 unspecified atom stereocenters. The summed E-state index contributed by atoms with van der Waals surface area (Å²) >= 11 is 7.12. The minimum absolute atomic E-state index is 0.272. The van der Waals surface area contributed by atoms with Gasteiger partial charge in [0.2, 0.25) is 0 Å². The lowest BCUT2D eigenvalue weighted by molar-refractivity contribution is 0.0478. The van der Waals surface area contributed by atoms with E-state index in [0.29, 0.717) is 9.90 Å². The third-order valence-corrected chi connectivity index (χ3v) is 3.11. The number of hydrogen-bond donors (Lipinski definition) is 0. The van der Waals surface area contributed by atoms with Crippen molar-refractivity contribution in [3.8, 4) is 0 Å². The van der Waals surface area contributed by atoms with Crippen LogP contribution in [0.3, 0.4) is 0 Å². The summed E-state index contributed by atoms with van der Waals surface area (Å²) in [4.78, 5) is 12.1. The SMILES string of the molecule is O=C(OCc1ccc(Cl)cc1)c1cccs1. The molecule has 2 rings (SSSR count). The first-order valence-electron chi connectivity index (χ1n) is 4.71. The van der Waals surface area contributed by atoms with Gasteiger partial charge in [0.25, 0.3) is 0 Å². The van der Waals surface area contributed by atoms with Gasteiger partial charge in [-0.1, -0.05) is 29.8 Å². The zero-order chi connectivity index (χ0) is 11.4.